The molecule has 90 valence electrons. The smallest absolute Gasteiger partial charge is 0.261 e. The van der Waals surface area contributed by atoms with E-state index in [1.807, 2.05) is 6.92 Å². The first-order chi connectivity index (χ1) is 8.11. The maximum atomic E-state index is 9.74. The lowest BCUT2D eigenvalue weighted by Crippen LogP contribution is -1.93. The molecule has 5 nitrogen and oxygen atoms in total. The molecule has 2 aromatic rings. The fourth-order valence-electron chi connectivity index (χ4n) is 1.46. The molecular weight excluding hydrogens is 218 g/mol. The topological polar surface area (TPSA) is 85.2 Å². The Balaban J connectivity index is 2.37. The fourth-order valence-corrected chi connectivity index (χ4v) is 1.46. The largest absolute Gasteiger partial charge is 0.507 e. The van der Waals surface area contributed by atoms with Crippen LogP contribution in [0.25, 0.3) is 11.5 Å². The van der Waals surface area contributed by atoms with Crippen molar-refractivity contribution in [3.63, 3.8) is 0 Å². The summed E-state index contributed by atoms with van der Waals surface area (Å²) < 4.78 is 5.13. The zero-order chi connectivity index (χ0) is 12.4. The number of hydrogen-bond donors (Lipinski definition) is 2. The van der Waals surface area contributed by atoms with Crippen LogP contribution in [0.4, 0.5) is 5.69 Å². The summed E-state index contributed by atoms with van der Waals surface area (Å²) >= 11 is 0. The predicted molar refractivity (Wildman–Crippen MR) is 64.5 cm³/mol. The quantitative estimate of drug-likeness (QED) is 0.796. The van der Waals surface area contributed by atoms with E-state index in [1.54, 1.807) is 12.1 Å². The van der Waals surface area contributed by atoms with Gasteiger partial charge in [-0.1, -0.05) is 19.0 Å². The monoisotopic (exact) mass is 233 g/mol. The summed E-state index contributed by atoms with van der Waals surface area (Å²) in [5, 5.41) is 13.6. The van der Waals surface area contributed by atoms with Gasteiger partial charge < -0.3 is 15.4 Å². The molecule has 3 N–H and O–H groups in total. The summed E-state index contributed by atoms with van der Waals surface area (Å²) in [5.41, 5.74) is 6.55. The van der Waals surface area contributed by atoms with Gasteiger partial charge in [0.25, 0.3) is 5.89 Å². The van der Waals surface area contributed by atoms with Gasteiger partial charge in [0.15, 0.2) is 5.82 Å². The highest BCUT2D eigenvalue weighted by atomic mass is 16.5. The number of aromatic nitrogens is 2. The number of benzene rings is 1. The highest BCUT2D eigenvalue weighted by Crippen LogP contribution is 2.30. The average Bonchev–Trinajstić information content (AvgIpc) is 2.77. The first kappa shape index (κ1) is 11.4. The summed E-state index contributed by atoms with van der Waals surface area (Å²) in [6.45, 7) is 4.08. The molecule has 1 aromatic heterocycles. The molecule has 0 saturated carbocycles. The van der Waals surface area contributed by atoms with Gasteiger partial charge in [0.05, 0.1) is 5.56 Å². The van der Waals surface area contributed by atoms with E-state index in [-0.39, 0.29) is 11.7 Å². The second-order valence-electron chi connectivity index (χ2n) is 4.04. The molecule has 0 radical (unpaired) electrons. The van der Waals surface area contributed by atoms with Crippen LogP contribution in [0.15, 0.2) is 22.7 Å². The number of rotatable bonds is 3. The fraction of sp³-hybridized carbons (Fsp3) is 0.333. The van der Waals surface area contributed by atoms with Gasteiger partial charge in [-0.3, -0.25) is 0 Å². The molecule has 0 spiro atoms. The number of anilines is 1. The number of aromatic hydroxyl groups is 1. The Hall–Kier alpha value is -2.04. The van der Waals surface area contributed by atoms with E-state index < -0.39 is 0 Å². The molecule has 0 bridgehead atoms. The van der Waals surface area contributed by atoms with Crippen LogP contribution in [0.3, 0.4) is 0 Å². The van der Waals surface area contributed by atoms with Crippen LogP contribution >= 0.6 is 0 Å². The van der Waals surface area contributed by atoms with Gasteiger partial charge in [0.1, 0.15) is 5.75 Å². The number of nitrogens with two attached hydrogens (primary N) is 1. The SMILES string of the molecule is CCC(C)c1noc(-c2ccc(N)cc2O)n1. The third-order valence-electron chi connectivity index (χ3n) is 2.75. The lowest BCUT2D eigenvalue weighted by molar-refractivity contribution is 0.412. The number of hydrogen-bond acceptors (Lipinski definition) is 5. The Labute approximate surface area is 99.3 Å². The van der Waals surface area contributed by atoms with Crippen molar-refractivity contribution in [1.82, 2.24) is 10.1 Å². The van der Waals surface area contributed by atoms with Crippen molar-refractivity contribution in [2.75, 3.05) is 5.73 Å². The molecule has 1 aromatic carbocycles. The van der Waals surface area contributed by atoms with Crippen LogP contribution in [0, 0.1) is 0 Å². The van der Waals surface area contributed by atoms with Gasteiger partial charge >= 0.3 is 0 Å². The number of nitrogens with zero attached hydrogens (tertiary/aromatic N) is 2. The normalized spacial score (nSPS) is 12.6. The molecule has 1 unspecified atom stereocenters. The summed E-state index contributed by atoms with van der Waals surface area (Å²) in [6, 6.07) is 4.81. The minimum Gasteiger partial charge on any atom is -0.507 e. The predicted octanol–water partition coefficient (Wildman–Crippen LogP) is 2.54. The molecule has 2 rings (SSSR count). The maximum Gasteiger partial charge on any atom is 0.261 e. The highest BCUT2D eigenvalue weighted by Gasteiger charge is 2.15. The molecule has 5 heteroatoms. The van der Waals surface area contributed by atoms with Crippen LogP contribution in [-0.4, -0.2) is 15.2 Å². The molecule has 0 amide bonds. The Morgan fingerprint density at radius 1 is 1.47 bits per heavy atom. The van der Waals surface area contributed by atoms with Crippen molar-refractivity contribution in [2.45, 2.75) is 26.2 Å². The Morgan fingerprint density at radius 3 is 2.88 bits per heavy atom. The molecule has 1 heterocycles. The Bertz CT molecular complexity index is 522. The third kappa shape index (κ3) is 2.22. The standard InChI is InChI=1S/C12H15N3O2/c1-3-7(2)11-14-12(17-15-11)9-5-4-8(13)6-10(9)16/h4-7,16H,3,13H2,1-2H3. The van der Waals surface area contributed by atoms with Crippen molar-refractivity contribution in [3.8, 4) is 17.2 Å². The Kier molecular flexibility index (Phi) is 2.99. The van der Waals surface area contributed by atoms with Gasteiger partial charge in [0, 0.05) is 17.7 Å². The second kappa shape index (κ2) is 4.45. The van der Waals surface area contributed by atoms with Crippen LogP contribution in [0.5, 0.6) is 5.75 Å². The van der Waals surface area contributed by atoms with Gasteiger partial charge in [-0.2, -0.15) is 4.98 Å². The molecule has 0 saturated heterocycles. The lowest BCUT2D eigenvalue weighted by atomic mass is 10.1. The summed E-state index contributed by atoms with van der Waals surface area (Å²) in [7, 11) is 0. The van der Waals surface area contributed by atoms with Gasteiger partial charge in [0.2, 0.25) is 0 Å². The third-order valence-corrected chi connectivity index (χ3v) is 2.75. The minimum atomic E-state index is 0.0457. The molecule has 1 atom stereocenters. The first-order valence-electron chi connectivity index (χ1n) is 5.54. The van der Waals surface area contributed by atoms with Gasteiger partial charge in [-0.25, -0.2) is 0 Å². The van der Waals surface area contributed by atoms with Crippen molar-refractivity contribution in [3.05, 3.63) is 24.0 Å². The van der Waals surface area contributed by atoms with Crippen LogP contribution in [-0.2, 0) is 0 Å². The number of phenolic OH excluding ortho intramolecular Hbond substituents is 1. The maximum absolute atomic E-state index is 9.74. The lowest BCUT2D eigenvalue weighted by Gasteiger charge is -2.00. The zero-order valence-electron chi connectivity index (χ0n) is 9.84. The van der Waals surface area contributed by atoms with E-state index in [0.717, 1.165) is 6.42 Å². The van der Waals surface area contributed by atoms with Gasteiger partial charge in [-0.15, -0.1) is 0 Å². The van der Waals surface area contributed by atoms with Crippen molar-refractivity contribution in [2.24, 2.45) is 0 Å². The van der Waals surface area contributed by atoms with E-state index in [0.29, 0.717) is 23.0 Å². The molecule has 0 aliphatic heterocycles. The van der Waals surface area contributed by atoms with Crippen LogP contribution < -0.4 is 5.73 Å². The second-order valence-corrected chi connectivity index (χ2v) is 4.04. The van der Waals surface area contributed by atoms with Crippen molar-refractivity contribution >= 4 is 5.69 Å². The number of phenols is 1. The van der Waals surface area contributed by atoms with E-state index >= 15 is 0 Å². The van der Waals surface area contributed by atoms with Crippen LogP contribution in [0.1, 0.15) is 32.0 Å². The van der Waals surface area contributed by atoms with Crippen molar-refractivity contribution in [1.29, 1.82) is 0 Å². The summed E-state index contributed by atoms with van der Waals surface area (Å²) in [4.78, 5) is 4.26. The number of nitrogen functional groups attached to an aromatic ring is 1. The molecule has 17 heavy (non-hydrogen) atoms. The molecular formula is C12H15N3O2. The van der Waals surface area contributed by atoms with E-state index in [4.69, 9.17) is 10.3 Å². The molecule has 0 aliphatic carbocycles. The minimum absolute atomic E-state index is 0.0457. The van der Waals surface area contributed by atoms with E-state index in [2.05, 4.69) is 17.1 Å². The van der Waals surface area contributed by atoms with Gasteiger partial charge in [-0.05, 0) is 18.6 Å². The average molecular weight is 233 g/mol. The summed E-state index contributed by atoms with van der Waals surface area (Å²) in [5.74, 6) is 1.25. The van der Waals surface area contributed by atoms with E-state index in [1.165, 1.54) is 6.07 Å². The first-order valence-corrected chi connectivity index (χ1v) is 5.54. The molecule has 0 aliphatic rings. The Morgan fingerprint density at radius 2 is 2.24 bits per heavy atom. The zero-order valence-corrected chi connectivity index (χ0v) is 9.84. The van der Waals surface area contributed by atoms with E-state index in [9.17, 15) is 5.11 Å². The highest BCUT2D eigenvalue weighted by molar-refractivity contribution is 5.66. The molecule has 0 fully saturated rings. The summed E-state index contributed by atoms with van der Waals surface area (Å²) in [6.07, 6.45) is 0.937. The van der Waals surface area contributed by atoms with Crippen LogP contribution in [0.2, 0.25) is 0 Å². The van der Waals surface area contributed by atoms with Crippen molar-refractivity contribution < 1.29 is 9.63 Å².